The van der Waals surface area contributed by atoms with Crippen molar-refractivity contribution < 1.29 is 11.3 Å². The normalized spacial score (nSPS) is 12.8. The van der Waals surface area contributed by atoms with Crippen molar-refractivity contribution in [2.75, 3.05) is 0 Å². The van der Waals surface area contributed by atoms with Crippen molar-refractivity contribution in [3.63, 3.8) is 0 Å². The van der Waals surface area contributed by atoms with Gasteiger partial charge >= 0.3 is 0 Å². The third kappa shape index (κ3) is 5.37. The van der Waals surface area contributed by atoms with Gasteiger partial charge in [0, 0.05) is 43.9 Å². The highest BCUT2D eigenvalue weighted by Crippen LogP contribution is 2.39. The minimum atomic E-state index is -0.405. The first-order valence-electron chi connectivity index (χ1n) is 20.9. The second kappa shape index (κ2) is 13.0. The maximum atomic E-state index is 8.58. The topological polar surface area (TPSA) is 56.7 Å². The van der Waals surface area contributed by atoms with Crippen LogP contribution >= 0.6 is 0 Å². The number of furan rings is 1. The van der Waals surface area contributed by atoms with Crippen LogP contribution in [0.4, 0.5) is 0 Å². The van der Waals surface area contributed by atoms with Gasteiger partial charge in [-0.05, 0) is 70.8 Å². The van der Waals surface area contributed by atoms with E-state index in [9.17, 15) is 0 Å². The molecule has 5 heteroatoms. The van der Waals surface area contributed by atoms with Gasteiger partial charge in [-0.25, -0.2) is 15.0 Å². The molecular weight excluding hydrogens is 685 g/mol. The zero-order valence-electron chi connectivity index (χ0n) is 34.8. The lowest BCUT2D eigenvalue weighted by molar-refractivity contribution is 0.669. The first-order valence-corrected chi connectivity index (χ1v) is 18.4. The van der Waals surface area contributed by atoms with E-state index in [1.54, 1.807) is 0 Å². The Hall–Kier alpha value is -7.63. The molecule has 0 spiro atoms. The predicted octanol–water partition coefficient (Wildman–Crippen LogP) is 13.2. The van der Waals surface area contributed by atoms with E-state index in [1.807, 2.05) is 115 Å². The number of para-hydroxylation sites is 1. The second-order valence-electron chi connectivity index (χ2n) is 13.7. The molecule has 0 aliphatic carbocycles. The lowest BCUT2D eigenvalue weighted by Crippen LogP contribution is -2.00. The summed E-state index contributed by atoms with van der Waals surface area (Å²) in [5, 5.41) is 3.79. The van der Waals surface area contributed by atoms with Crippen LogP contribution in [0.15, 0.2) is 198 Å². The molecule has 0 fully saturated rings. The summed E-state index contributed by atoms with van der Waals surface area (Å²) < 4.78 is 50.3. The van der Waals surface area contributed by atoms with E-state index >= 15 is 0 Å². The van der Waals surface area contributed by atoms with Crippen molar-refractivity contribution in [3.05, 3.63) is 194 Å². The summed E-state index contributed by atoms with van der Waals surface area (Å²) in [6.07, 6.45) is 0. The first kappa shape index (κ1) is 27.0. The van der Waals surface area contributed by atoms with Crippen molar-refractivity contribution in [2.24, 2.45) is 0 Å². The van der Waals surface area contributed by atoms with Crippen LogP contribution in [0.1, 0.15) is 6.85 Å². The number of rotatable bonds is 6. The van der Waals surface area contributed by atoms with Gasteiger partial charge in [-0.1, -0.05) is 145 Å². The second-order valence-corrected chi connectivity index (χ2v) is 13.7. The smallest absolute Gasteiger partial charge is 0.164 e. The zero-order valence-corrected chi connectivity index (χ0v) is 29.8. The van der Waals surface area contributed by atoms with Gasteiger partial charge in [0.15, 0.2) is 17.5 Å². The van der Waals surface area contributed by atoms with Crippen LogP contribution in [0.25, 0.3) is 106 Å². The number of hydrogen-bond donors (Lipinski definition) is 0. The summed E-state index contributed by atoms with van der Waals surface area (Å²) in [6, 6.07) is 52.9. The molecule has 0 radical (unpaired) electrons. The molecule has 0 aliphatic rings. The van der Waals surface area contributed by atoms with Crippen LogP contribution in [-0.2, 0) is 0 Å². The van der Waals surface area contributed by atoms with Gasteiger partial charge in [-0.3, -0.25) is 0 Å². The molecular formula is C51H32N4O. The molecule has 0 unspecified atom stereocenters. The summed E-state index contributed by atoms with van der Waals surface area (Å²) in [4.78, 5) is 14.9. The van der Waals surface area contributed by atoms with Gasteiger partial charge in [0.2, 0.25) is 0 Å². The molecule has 0 atom stereocenters. The van der Waals surface area contributed by atoms with E-state index < -0.39 is 6.04 Å². The van der Waals surface area contributed by atoms with Crippen LogP contribution in [0.2, 0.25) is 0 Å². The quantitative estimate of drug-likeness (QED) is 0.172. The van der Waals surface area contributed by atoms with Crippen molar-refractivity contribution in [1.29, 1.82) is 0 Å². The van der Waals surface area contributed by atoms with Gasteiger partial charge in [0.05, 0.1) is 17.9 Å². The van der Waals surface area contributed by atoms with Crippen molar-refractivity contribution in [1.82, 2.24) is 19.5 Å². The molecule has 56 heavy (non-hydrogen) atoms. The molecule has 11 rings (SSSR count). The Morgan fingerprint density at radius 3 is 1.77 bits per heavy atom. The fourth-order valence-electron chi connectivity index (χ4n) is 7.73. The molecule has 0 saturated carbocycles. The van der Waals surface area contributed by atoms with E-state index in [0.717, 1.165) is 77.2 Å². The average molecular weight is 722 g/mol. The number of aromatic nitrogens is 4. The maximum Gasteiger partial charge on any atom is 0.164 e. The van der Waals surface area contributed by atoms with E-state index in [1.165, 1.54) is 0 Å². The summed E-state index contributed by atoms with van der Waals surface area (Å²) in [5.41, 5.74) is 9.84. The van der Waals surface area contributed by atoms with Gasteiger partial charge in [0.25, 0.3) is 0 Å². The van der Waals surface area contributed by atoms with Crippen LogP contribution in [0.3, 0.4) is 0 Å². The molecule has 8 aromatic carbocycles. The van der Waals surface area contributed by atoms with E-state index in [0.29, 0.717) is 23.0 Å². The minimum Gasteiger partial charge on any atom is -0.456 e. The highest BCUT2D eigenvalue weighted by molar-refractivity contribution is 6.13. The van der Waals surface area contributed by atoms with E-state index in [-0.39, 0.29) is 29.7 Å². The summed E-state index contributed by atoms with van der Waals surface area (Å²) in [5.74, 6) is 1.74. The first-order chi connectivity index (χ1) is 29.8. The summed E-state index contributed by atoms with van der Waals surface area (Å²) >= 11 is 0. The van der Waals surface area contributed by atoms with Gasteiger partial charge < -0.3 is 8.98 Å². The van der Waals surface area contributed by atoms with Crippen LogP contribution in [0.5, 0.6) is 0 Å². The monoisotopic (exact) mass is 721 g/mol. The maximum absolute atomic E-state index is 8.58. The Labute approximate surface area is 329 Å². The molecule has 0 bridgehead atoms. The van der Waals surface area contributed by atoms with Gasteiger partial charge in [-0.15, -0.1) is 0 Å². The Morgan fingerprint density at radius 1 is 0.411 bits per heavy atom. The highest BCUT2D eigenvalue weighted by atomic mass is 16.3. The summed E-state index contributed by atoms with van der Waals surface area (Å²) in [6.45, 7) is 0. The largest absolute Gasteiger partial charge is 0.456 e. The third-order valence-electron chi connectivity index (χ3n) is 10.4. The molecule has 0 aliphatic heterocycles. The molecule has 262 valence electrons. The molecule has 11 aromatic rings. The fraction of sp³-hybridized carbons (Fsp3) is 0. The van der Waals surface area contributed by atoms with Gasteiger partial charge in [-0.2, -0.15) is 0 Å². The Morgan fingerprint density at radius 2 is 1.02 bits per heavy atom. The van der Waals surface area contributed by atoms with Crippen molar-refractivity contribution in [2.45, 2.75) is 0 Å². The molecule has 0 N–H and O–H groups in total. The van der Waals surface area contributed by atoms with E-state index in [4.69, 9.17) is 26.2 Å². The number of nitrogens with zero attached hydrogens (tertiary/aromatic N) is 4. The molecule has 0 amide bonds. The Kier molecular flexibility index (Phi) is 6.29. The average Bonchev–Trinajstić information content (AvgIpc) is 3.86. The van der Waals surface area contributed by atoms with Crippen LogP contribution in [0, 0.1) is 0 Å². The number of hydrogen-bond acceptors (Lipinski definition) is 4. The zero-order chi connectivity index (χ0) is 41.4. The summed E-state index contributed by atoms with van der Waals surface area (Å²) in [7, 11) is 0. The van der Waals surface area contributed by atoms with Crippen LogP contribution < -0.4 is 0 Å². The highest BCUT2D eigenvalue weighted by Gasteiger charge is 2.19. The van der Waals surface area contributed by atoms with E-state index in [2.05, 4.69) is 53.1 Å². The lowest BCUT2D eigenvalue weighted by Gasteiger charge is -2.10. The standard InChI is InChI=1S/C51H32N4O/c1-4-13-33(14-5-1)37-25-29-45-42(31-37)40-19-10-11-21-44(40)55(45)39-27-23-34(24-28-39)38-26-30-46-43(32-38)48-41(20-12-22-47(48)56-46)51-53-49(35-15-6-2-7-16-35)52-50(54-51)36-17-8-3-9-18-36/h1-32H/i1D,4D,5D,13D,14D. The Bertz CT molecular complexity index is 3440. The molecule has 5 nitrogen and oxygen atoms in total. The predicted molar refractivity (Wildman–Crippen MR) is 229 cm³/mol. The molecule has 3 aromatic heterocycles. The Balaban J connectivity index is 1.01. The lowest BCUT2D eigenvalue weighted by atomic mass is 10.00. The van der Waals surface area contributed by atoms with Crippen LogP contribution in [-0.4, -0.2) is 19.5 Å². The molecule has 0 saturated heterocycles. The van der Waals surface area contributed by atoms with Crippen molar-refractivity contribution >= 4 is 43.7 Å². The number of benzene rings is 8. The van der Waals surface area contributed by atoms with Gasteiger partial charge in [0.1, 0.15) is 11.2 Å². The SMILES string of the molecule is [2H]c1c([2H])c([2H])c(-c2ccc3c(c2)c2ccccc2n3-c2ccc(-c3ccc4oc5cccc(-c6nc(-c7ccccc7)nc(-c7ccccc7)n6)c5c4c3)cc2)c([2H])c1[2H]. The third-order valence-corrected chi connectivity index (χ3v) is 10.4. The minimum absolute atomic E-state index is 0.186. The van der Waals surface area contributed by atoms with Crippen molar-refractivity contribution in [3.8, 4) is 62.1 Å². The number of fused-ring (bicyclic) bond motifs is 6. The fourth-order valence-corrected chi connectivity index (χ4v) is 7.73. The molecule has 3 heterocycles.